The molecule has 0 radical (unpaired) electrons. The molecular weight excluding hydrogens is 380 g/mol. The van der Waals surface area contributed by atoms with Gasteiger partial charge in [-0.2, -0.15) is 0 Å². The number of rotatable bonds is 2. The molecule has 0 spiro atoms. The summed E-state index contributed by atoms with van der Waals surface area (Å²) in [5, 5.41) is 19.9. The third-order valence-corrected chi connectivity index (χ3v) is 6.78. The SMILES string of the molecule is O=C1[C@H]2C3c4ccccc4C(c4ccccc43)[C@@H]2C(=O)N1c1ccc(N([O-])O)cc1. The van der Waals surface area contributed by atoms with Crippen molar-refractivity contribution in [2.45, 2.75) is 11.8 Å². The summed E-state index contributed by atoms with van der Waals surface area (Å²) in [4.78, 5) is 28.4. The molecule has 3 aromatic rings. The molecule has 2 amide bonds. The van der Waals surface area contributed by atoms with E-state index in [9.17, 15) is 14.8 Å². The van der Waals surface area contributed by atoms with E-state index in [0.29, 0.717) is 5.69 Å². The minimum Gasteiger partial charge on any atom is -0.733 e. The van der Waals surface area contributed by atoms with Crippen LogP contribution in [-0.2, 0) is 9.59 Å². The number of hydrogen-bond acceptors (Lipinski definition) is 5. The number of carbonyl (C=O) groups is 2. The molecule has 0 aromatic heterocycles. The Kier molecular flexibility index (Phi) is 3.48. The molecule has 6 nitrogen and oxygen atoms in total. The normalized spacial score (nSPS) is 25.7. The number of hydrogen-bond donors (Lipinski definition) is 1. The molecular formula is C24H17N2O4-. The van der Waals surface area contributed by atoms with Crippen molar-refractivity contribution in [2.24, 2.45) is 11.8 Å². The van der Waals surface area contributed by atoms with Crippen molar-refractivity contribution in [3.8, 4) is 0 Å². The maximum absolute atomic E-state index is 13.6. The van der Waals surface area contributed by atoms with E-state index in [1.807, 2.05) is 24.3 Å². The zero-order chi connectivity index (χ0) is 20.6. The van der Waals surface area contributed by atoms with Crippen LogP contribution in [0.4, 0.5) is 11.4 Å². The summed E-state index contributed by atoms with van der Waals surface area (Å²) >= 11 is 0. The van der Waals surface area contributed by atoms with Gasteiger partial charge in [0.15, 0.2) is 0 Å². The molecule has 30 heavy (non-hydrogen) atoms. The van der Waals surface area contributed by atoms with Crippen LogP contribution >= 0.6 is 0 Å². The second kappa shape index (κ2) is 6.01. The predicted octanol–water partition coefficient (Wildman–Crippen LogP) is 3.78. The van der Waals surface area contributed by atoms with Crippen LogP contribution in [0.3, 0.4) is 0 Å². The fourth-order valence-electron chi connectivity index (χ4n) is 5.66. The van der Waals surface area contributed by atoms with Crippen LogP contribution in [0.5, 0.6) is 0 Å². The molecule has 4 aliphatic rings. The van der Waals surface area contributed by atoms with Gasteiger partial charge in [-0.25, -0.2) is 4.90 Å². The van der Waals surface area contributed by atoms with Crippen LogP contribution in [-0.4, -0.2) is 17.0 Å². The number of carbonyl (C=O) groups excluding carboxylic acids is 2. The standard InChI is InChI=1S/C24H17N2O4/c27-23-21-19-15-5-1-2-6-16(15)20(18-8-4-3-7-17(18)19)22(21)24(28)25(23)13-9-11-14(12-10-13)26(29)30/h1-12,19-22,29H/q-1/t19?,20?,21-,22-/m0/s1. The molecule has 1 aliphatic heterocycles. The van der Waals surface area contributed by atoms with Gasteiger partial charge in [0.05, 0.1) is 23.2 Å². The Bertz CT molecular complexity index is 1090. The van der Waals surface area contributed by atoms with Crippen LogP contribution in [0.1, 0.15) is 34.1 Å². The van der Waals surface area contributed by atoms with Gasteiger partial charge >= 0.3 is 0 Å². The van der Waals surface area contributed by atoms with Gasteiger partial charge in [-0.15, -0.1) is 0 Å². The minimum absolute atomic E-state index is 0.0372. The van der Waals surface area contributed by atoms with Crippen LogP contribution in [0, 0.1) is 17.0 Å². The number of amides is 2. The van der Waals surface area contributed by atoms with Gasteiger partial charge in [0, 0.05) is 11.8 Å². The predicted molar refractivity (Wildman–Crippen MR) is 110 cm³/mol. The summed E-state index contributed by atoms with van der Waals surface area (Å²) in [6, 6.07) is 22.0. The van der Waals surface area contributed by atoms with Gasteiger partial charge in [0.25, 0.3) is 0 Å². The third-order valence-electron chi connectivity index (χ3n) is 6.78. The summed E-state index contributed by atoms with van der Waals surface area (Å²) in [6.07, 6.45) is 0. The van der Waals surface area contributed by atoms with E-state index in [2.05, 4.69) is 24.3 Å². The van der Waals surface area contributed by atoms with E-state index in [-0.39, 0.29) is 34.6 Å². The van der Waals surface area contributed by atoms with Gasteiger partial charge < -0.3 is 10.4 Å². The summed E-state index contributed by atoms with van der Waals surface area (Å²) in [5.74, 6) is -1.61. The summed E-state index contributed by atoms with van der Waals surface area (Å²) < 4.78 is 0. The summed E-state index contributed by atoms with van der Waals surface area (Å²) in [6.45, 7) is 0. The topological polar surface area (TPSA) is 83.9 Å². The molecule has 1 heterocycles. The second-order valence-electron chi connectivity index (χ2n) is 8.07. The first-order valence-corrected chi connectivity index (χ1v) is 9.89. The van der Waals surface area contributed by atoms with Crippen LogP contribution in [0.2, 0.25) is 0 Å². The molecule has 2 bridgehead atoms. The van der Waals surface area contributed by atoms with E-state index in [4.69, 9.17) is 5.21 Å². The average Bonchev–Trinajstić information content (AvgIpc) is 3.04. The van der Waals surface area contributed by atoms with E-state index >= 15 is 0 Å². The van der Waals surface area contributed by atoms with Crippen molar-refractivity contribution in [1.82, 2.24) is 0 Å². The highest BCUT2D eigenvalue weighted by Crippen LogP contribution is 2.61. The van der Waals surface area contributed by atoms with E-state index in [1.165, 1.54) is 29.2 Å². The Balaban J connectivity index is 1.50. The Morgan fingerprint density at radius 3 is 1.47 bits per heavy atom. The average molecular weight is 397 g/mol. The highest BCUT2D eigenvalue weighted by molar-refractivity contribution is 6.23. The molecule has 0 saturated carbocycles. The fraction of sp³-hybridized carbons (Fsp3) is 0.167. The quantitative estimate of drug-likeness (QED) is 0.526. The Labute approximate surface area is 172 Å². The van der Waals surface area contributed by atoms with Crippen molar-refractivity contribution in [3.05, 3.63) is 100 Å². The van der Waals surface area contributed by atoms with E-state index < -0.39 is 11.8 Å². The maximum Gasteiger partial charge on any atom is 0.238 e. The zero-order valence-electron chi connectivity index (χ0n) is 15.8. The van der Waals surface area contributed by atoms with Crippen molar-refractivity contribution >= 4 is 23.2 Å². The Morgan fingerprint density at radius 2 is 1.10 bits per heavy atom. The Morgan fingerprint density at radius 1 is 0.700 bits per heavy atom. The zero-order valence-corrected chi connectivity index (χ0v) is 15.8. The van der Waals surface area contributed by atoms with Crippen molar-refractivity contribution in [1.29, 1.82) is 0 Å². The summed E-state index contributed by atoms with van der Waals surface area (Å²) in [5.41, 5.74) is 4.96. The fourth-order valence-corrected chi connectivity index (χ4v) is 5.66. The first kappa shape index (κ1) is 17.4. The number of benzene rings is 3. The van der Waals surface area contributed by atoms with Gasteiger partial charge in [0.2, 0.25) is 11.8 Å². The molecule has 3 aliphatic carbocycles. The van der Waals surface area contributed by atoms with Crippen molar-refractivity contribution in [3.63, 3.8) is 0 Å². The summed E-state index contributed by atoms with van der Waals surface area (Å²) in [7, 11) is 0. The molecule has 1 N–H and O–H groups in total. The molecule has 1 fully saturated rings. The van der Waals surface area contributed by atoms with E-state index in [0.717, 1.165) is 22.3 Å². The highest BCUT2D eigenvalue weighted by Gasteiger charge is 2.61. The van der Waals surface area contributed by atoms with Crippen LogP contribution in [0.25, 0.3) is 0 Å². The monoisotopic (exact) mass is 397 g/mol. The lowest BCUT2D eigenvalue weighted by Crippen LogP contribution is -2.41. The second-order valence-corrected chi connectivity index (χ2v) is 8.07. The third kappa shape index (κ3) is 2.09. The molecule has 7 rings (SSSR count). The van der Waals surface area contributed by atoms with Crippen molar-refractivity contribution in [2.75, 3.05) is 10.1 Å². The van der Waals surface area contributed by atoms with Gasteiger partial charge in [-0.3, -0.25) is 14.8 Å². The Hall–Kier alpha value is -3.48. The number of anilines is 2. The van der Waals surface area contributed by atoms with Crippen molar-refractivity contribution < 1.29 is 14.8 Å². The van der Waals surface area contributed by atoms with E-state index in [1.54, 1.807) is 0 Å². The lowest BCUT2D eigenvalue weighted by atomic mass is 9.55. The first-order valence-electron chi connectivity index (χ1n) is 9.89. The molecule has 1 saturated heterocycles. The number of nitrogens with zero attached hydrogens (tertiary/aromatic N) is 2. The highest BCUT2D eigenvalue weighted by atomic mass is 16.8. The molecule has 148 valence electrons. The molecule has 6 heteroatoms. The molecule has 2 atom stereocenters. The van der Waals surface area contributed by atoms with Crippen LogP contribution < -0.4 is 10.1 Å². The van der Waals surface area contributed by atoms with Gasteiger partial charge in [-0.1, -0.05) is 48.5 Å². The van der Waals surface area contributed by atoms with Gasteiger partial charge in [-0.05, 0) is 46.5 Å². The van der Waals surface area contributed by atoms with Crippen LogP contribution in [0.15, 0.2) is 72.8 Å². The smallest absolute Gasteiger partial charge is 0.238 e. The lowest BCUT2D eigenvalue weighted by Gasteiger charge is -2.45. The minimum atomic E-state index is -0.444. The first-order chi connectivity index (χ1) is 14.6. The molecule has 3 aromatic carbocycles. The lowest BCUT2D eigenvalue weighted by molar-refractivity contribution is -0.122. The number of imide groups is 1. The maximum atomic E-state index is 13.6. The van der Waals surface area contributed by atoms with Gasteiger partial charge in [0.1, 0.15) is 0 Å². The largest absolute Gasteiger partial charge is 0.733 e. The molecule has 0 unspecified atom stereocenters.